The molecule has 1 unspecified atom stereocenters. The Morgan fingerprint density at radius 1 is 1.02 bits per heavy atom. The lowest BCUT2D eigenvalue weighted by Crippen LogP contribution is -2.18. The van der Waals surface area contributed by atoms with Gasteiger partial charge in [0.05, 0.1) is 32.2 Å². The molecule has 0 aliphatic heterocycles. The molecule has 0 saturated carbocycles. The second-order valence-electron chi connectivity index (χ2n) is 9.99. The van der Waals surface area contributed by atoms with Crippen molar-refractivity contribution in [2.24, 2.45) is 0 Å². The van der Waals surface area contributed by atoms with Gasteiger partial charge < -0.3 is 29.2 Å². The van der Waals surface area contributed by atoms with Crippen molar-refractivity contribution in [3.63, 3.8) is 0 Å². The summed E-state index contributed by atoms with van der Waals surface area (Å²) >= 11 is 0. The zero-order valence-electron chi connectivity index (χ0n) is 24.0. The summed E-state index contributed by atoms with van der Waals surface area (Å²) in [6.07, 6.45) is 17.4. The number of unbranched alkanes of at least 4 members (excludes halogenated alkanes) is 9. The summed E-state index contributed by atoms with van der Waals surface area (Å²) < 4.78 is 30.3. The Morgan fingerprint density at radius 3 is 2.54 bits per heavy atom. The lowest BCUT2D eigenvalue weighted by atomic mass is 10.1. The van der Waals surface area contributed by atoms with Gasteiger partial charge in [0.15, 0.2) is 11.5 Å². The van der Waals surface area contributed by atoms with Crippen LogP contribution in [0.3, 0.4) is 0 Å². The van der Waals surface area contributed by atoms with Crippen molar-refractivity contribution < 1.29 is 23.5 Å². The topological polar surface area (TPSA) is 148 Å². The third-order valence-corrected chi connectivity index (χ3v) is 7.47. The van der Waals surface area contributed by atoms with Gasteiger partial charge in [-0.3, -0.25) is 9.55 Å². The quantitative estimate of drug-likeness (QED) is 0.101. The predicted molar refractivity (Wildman–Crippen MR) is 159 cm³/mol. The summed E-state index contributed by atoms with van der Waals surface area (Å²) in [5.74, 6) is 6.68. The van der Waals surface area contributed by atoms with E-state index in [1.54, 1.807) is 30.2 Å². The summed E-state index contributed by atoms with van der Waals surface area (Å²) in [6.45, 7) is 3.12. The molecule has 0 spiro atoms. The van der Waals surface area contributed by atoms with E-state index >= 15 is 0 Å². The molecule has 41 heavy (non-hydrogen) atoms. The molecule has 224 valence electrons. The summed E-state index contributed by atoms with van der Waals surface area (Å²) in [5.41, 5.74) is 7.88. The highest BCUT2D eigenvalue weighted by molar-refractivity contribution is 7.52. The zero-order valence-corrected chi connectivity index (χ0v) is 24.9. The van der Waals surface area contributed by atoms with Crippen LogP contribution in [0.25, 0.3) is 11.2 Å². The molecule has 3 rings (SSSR count). The van der Waals surface area contributed by atoms with Crippen molar-refractivity contribution >= 4 is 24.6 Å². The third-order valence-electron chi connectivity index (χ3n) is 6.41. The molecular formula is C29H43N6O5P. The Hall–Kier alpha value is -2.87. The fraction of sp³-hybridized carbons (Fsp3) is 0.586. The van der Waals surface area contributed by atoms with Crippen molar-refractivity contribution in [1.29, 1.82) is 0 Å². The molecule has 12 heteroatoms. The number of nitrogens with zero attached hydrogens (tertiary/aromatic N) is 5. The number of ether oxygens (including phenoxy) is 2. The molecular weight excluding hydrogens is 543 g/mol. The minimum absolute atomic E-state index is 0.0446. The number of fused-ring (bicyclic) bond motifs is 1. The molecule has 0 saturated heterocycles. The van der Waals surface area contributed by atoms with Crippen LogP contribution in [0.2, 0.25) is 0 Å². The maximum atomic E-state index is 12.3. The number of nitrogens with two attached hydrogens (primary N) is 1. The van der Waals surface area contributed by atoms with Crippen molar-refractivity contribution in [1.82, 2.24) is 24.5 Å². The lowest BCUT2D eigenvalue weighted by Gasteiger charge is -2.17. The van der Waals surface area contributed by atoms with Crippen molar-refractivity contribution in [2.45, 2.75) is 83.8 Å². The molecule has 0 aliphatic carbocycles. The van der Waals surface area contributed by atoms with Gasteiger partial charge >= 0.3 is 7.60 Å². The van der Waals surface area contributed by atoms with Crippen LogP contribution in [0.4, 0.5) is 5.82 Å². The Balaban J connectivity index is 1.10. The summed E-state index contributed by atoms with van der Waals surface area (Å²) in [6, 6.07) is 3.89. The van der Waals surface area contributed by atoms with E-state index in [2.05, 4.69) is 31.8 Å². The Kier molecular flexibility index (Phi) is 14.8. The van der Waals surface area contributed by atoms with Gasteiger partial charge in [-0.2, -0.15) is 0 Å². The number of imidazole rings is 1. The number of aromatic nitrogens is 5. The van der Waals surface area contributed by atoms with Crippen LogP contribution in [0, 0.1) is 11.8 Å². The van der Waals surface area contributed by atoms with E-state index in [1.165, 1.54) is 44.9 Å². The van der Waals surface area contributed by atoms with Gasteiger partial charge in [-0.1, -0.05) is 56.8 Å². The van der Waals surface area contributed by atoms with Crippen molar-refractivity contribution in [2.75, 3.05) is 31.9 Å². The van der Waals surface area contributed by atoms with Crippen LogP contribution in [-0.4, -0.2) is 61.7 Å². The van der Waals surface area contributed by atoms with Crippen LogP contribution in [0.1, 0.15) is 76.7 Å². The standard InChI is InChI=1S/C29H43N6O5P/c1-25(21-35-23-34-27-28(30)32-22-33-29(27)35)39-24-41(36,37)40-19-18-38-17-12-10-8-6-4-2-3-5-7-9-11-14-26-15-13-16-31-20-26/h13,15-16,20,22-23,25H,2-10,12,17-19,21,24H2,1H3,(H,36,37)(H2,30,32,33)/t25-/m1/s1. The SMILES string of the molecule is C[C@H](Cn1cnc2c(N)ncnc21)OCP(=O)(O)OCCOCCCCCCCCCCCC#Cc1cccnc1. The average molecular weight is 587 g/mol. The number of nitrogen functional groups attached to an aromatic ring is 1. The Bertz CT molecular complexity index is 1260. The minimum atomic E-state index is -3.88. The van der Waals surface area contributed by atoms with Gasteiger partial charge in [-0.15, -0.1) is 0 Å². The zero-order chi connectivity index (χ0) is 29.2. The first kappa shape index (κ1) is 32.6. The molecule has 3 N–H and O–H groups in total. The van der Waals surface area contributed by atoms with Crippen molar-refractivity contribution in [3.8, 4) is 11.8 Å². The maximum Gasteiger partial charge on any atom is 0.353 e. The largest absolute Gasteiger partial charge is 0.382 e. The minimum Gasteiger partial charge on any atom is -0.382 e. The smallest absolute Gasteiger partial charge is 0.353 e. The highest BCUT2D eigenvalue weighted by Crippen LogP contribution is 2.41. The molecule has 3 aromatic rings. The molecule has 0 radical (unpaired) electrons. The molecule has 2 atom stereocenters. The van der Waals surface area contributed by atoms with Gasteiger partial charge in [0.2, 0.25) is 0 Å². The molecule has 0 aromatic carbocycles. The van der Waals surface area contributed by atoms with E-state index in [-0.39, 0.29) is 19.3 Å². The van der Waals surface area contributed by atoms with Crippen molar-refractivity contribution in [3.05, 3.63) is 42.7 Å². The first-order valence-corrected chi connectivity index (χ1v) is 16.2. The predicted octanol–water partition coefficient (Wildman–Crippen LogP) is 5.34. The highest BCUT2D eigenvalue weighted by Gasteiger charge is 2.21. The first-order valence-electron chi connectivity index (χ1n) is 14.4. The van der Waals surface area contributed by atoms with Crippen LogP contribution >= 0.6 is 7.60 Å². The molecule has 11 nitrogen and oxygen atoms in total. The second kappa shape index (κ2) is 18.5. The Labute approximate surface area is 242 Å². The normalized spacial score (nSPS) is 13.5. The van der Waals surface area contributed by atoms with E-state index in [1.807, 2.05) is 12.1 Å². The van der Waals surface area contributed by atoms with Gasteiger partial charge in [0.25, 0.3) is 0 Å². The Morgan fingerprint density at radius 2 is 1.78 bits per heavy atom. The first-order chi connectivity index (χ1) is 19.9. The van der Waals surface area contributed by atoms with E-state index in [0.29, 0.717) is 30.1 Å². The van der Waals surface area contributed by atoms with Gasteiger partial charge in [-0.25, -0.2) is 15.0 Å². The number of hydrogen-bond donors (Lipinski definition) is 2. The summed E-state index contributed by atoms with van der Waals surface area (Å²) in [5, 5.41) is 0. The molecule has 0 aliphatic rings. The van der Waals surface area contributed by atoms with Crippen LogP contribution in [-0.2, 0) is 25.1 Å². The second-order valence-corrected chi connectivity index (χ2v) is 11.8. The number of rotatable bonds is 20. The molecule has 0 amide bonds. The van der Waals surface area contributed by atoms with E-state index in [4.69, 9.17) is 19.7 Å². The van der Waals surface area contributed by atoms with E-state index in [0.717, 1.165) is 31.2 Å². The molecule has 0 fully saturated rings. The summed E-state index contributed by atoms with van der Waals surface area (Å²) in [4.78, 5) is 26.4. The number of pyridine rings is 1. The van der Waals surface area contributed by atoms with Crippen LogP contribution < -0.4 is 5.73 Å². The monoisotopic (exact) mass is 586 g/mol. The third kappa shape index (κ3) is 13.1. The van der Waals surface area contributed by atoms with E-state index < -0.39 is 13.9 Å². The molecule has 3 heterocycles. The van der Waals surface area contributed by atoms with Crippen LogP contribution in [0.15, 0.2) is 37.2 Å². The summed E-state index contributed by atoms with van der Waals surface area (Å²) in [7, 11) is -3.88. The number of hydrogen-bond acceptors (Lipinski definition) is 9. The van der Waals surface area contributed by atoms with Crippen LogP contribution in [0.5, 0.6) is 0 Å². The fourth-order valence-corrected chi connectivity index (χ4v) is 5.10. The average Bonchev–Trinajstić information content (AvgIpc) is 3.38. The molecule has 3 aromatic heterocycles. The van der Waals surface area contributed by atoms with Gasteiger partial charge in [-0.05, 0) is 31.9 Å². The lowest BCUT2D eigenvalue weighted by molar-refractivity contribution is 0.0610. The van der Waals surface area contributed by atoms with E-state index in [9.17, 15) is 9.46 Å². The fourth-order valence-electron chi connectivity index (χ4n) is 4.22. The maximum absolute atomic E-state index is 12.3. The van der Waals surface area contributed by atoms with Gasteiger partial charge in [0.1, 0.15) is 18.2 Å². The number of anilines is 1. The highest BCUT2D eigenvalue weighted by atomic mass is 31.2. The molecule has 0 bridgehead atoms. The van der Waals surface area contributed by atoms with Gasteiger partial charge in [0, 0.05) is 31.0 Å².